The van der Waals surface area contributed by atoms with Crippen LogP contribution in [0.3, 0.4) is 0 Å². The molecule has 0 aromatic heterocycles. The summed E-state index contributed by atoms with van der Waals surface area (Å²) in [6, 6.07) is 9.85. The van der Waals surface area contributed by atoms with E-state index in [0.29, 0.717) is 6.61 Å². The minimum atomic E-state index is -2.07. The zero-order valence-electron chi connectivity index (χ0n) is 28.0. The van der Waals surface area contributed by atoms with Crippen molar-refractivity contribution < 1.29 is 38.4 Å². The van der Waals surface area contributed by atoms with Crippen LogP contribution in [0.25, 0.3) is 0 Å². The molecule has 3 N–H and O–H groups in total. The quantitative estimate of drug-likeness (QED) is 0.349. The maximum atomic E-state index is 10.9. The van der Waals surface area contributed by atoms with E-state index >= 15 is 0 Å². The Labute approximate surface area is 256 Å². The van der Waals surface area contributed by atoms with Gasteiger partial charge in [-0.15, -0.1) is 0 Å². The van der Waals surface area contributed by atoms with E-state index in [1.54, 1.807) is 0 Å². The van der Waals surface area contributed by atoms with Crippen molar-refractivity contribution in [3.05, 3.63) is 35.9 Å². The van der Waals surface area contributed by atoms with E-state index < -0.39 is 41.2 Å². The Morgan fingerprint density at radius 2 is 1.29 bits per heavy atom. The molecule has 4 rings (SSSR count). The van der Waals surface area contributed by atoms with Crippen molar-refractivity contribution in [2.45, 2.75) is 141 Å². The van der Waals surface area contributed by atoms with Gasteiger partial charge in [0.05, 0.1) is 37.6 Å². The minimum Gasteiger partial charge on any atom is -0.408 e. The average Bonchev–Trinajstić information content (AvgIpc) is 3.35. The highest BCUT2D eigenvalue weighted by Crippen LogP contribution is 2.44. The summed E-state index contributed by atoms with van der Waals surface area (Å²) in [5.41, 5.74) is 0.977. The lowest BCUT2D eigenvalue weighted by molar-refractivity contribution is -0.205. The van der Waals surface area contributed by atoms with Crippen LogP contribution in [0.1, 0.15) is 67.1 Å². The molecule has 3 fully saturated rings. The van der Waals surface area contributed by atoms with E-state index in [4.69, 9.17) is 23.1 Å². The second-order valence-corrected chi connectivity index (χ2v) is 25.0. The molecule has 0 saturated carbocycles. The van der Waals surface area contributed by atoms with Gasteiger partial charge in [-0.2, -0.15) is 0 Å². The lowest BCUT2D eigenvalue weighted by atomic mass is 9.86. The van der Waals surface area contributed by atoms with E-state index in [-0.39, 0.29) is 52.9 Å². The van der Waals surface area contributed by atoms with Crippen LogP contribution >= 0.6 is 0 Å². The van der Waals surface area contributed by atoms with Crippen molar-refractivity contribution in [1.29, 1.82) is 0 Å². The van der Waals surface area contributed by atoms with Crippen LogP contribution in [-0.4, -0.2) is 88.1 Å². The van der Waals surface area contributed by atoms with E-state index in [9.17, 15) is 15.3 Å². The molecule has 10 atom stereocenters. The maximum absolute atomic E-state index is 10.9. The Kier molecular flexibility index (Phi) is 11.4. The molecule has 1 aromatic carbocycles. The number of fused-ring (bicyclic) bond motifs is 2. The first-order chi connectivity index (χ1) is 19.2. The Hall–Kier alpha value is -0.666. The molecular weight excluding hydrogens is 569 g/mol. The van der Waals surface area contributed by atoms with E-state index in [1.807, 2.05) is 44.2 Å². The van der Waals surface area contributed by atoms with Crippen molar-refractivity contribution in [3.8, 4) is 0 Å². The minimum absolute atomic E-state index is 0.0178. The molecular formula is C32H58O8Si2. The monoisotopic (exact) mass is 626 g/mol. The molecule has 3 aliphatic heterocycles. The molecule has 4 unspecified atom stereocenters. The van der Waals surface area contributed by atoms with Crippen LogP contribution in [0.15, 0.2) is 30.3 Å². The van der Waals surface area contributed by atoms with Gasteiger partial charge >= 0.3 is 0 Å². The fourth-order valence-corrected chi connectivity index (χ4v) is 7.65. The van der Waals surface area contributed by atoms with Gasteiger partial charge < -0.3 is 38.4 Å². The highest BCUT2D eigenvalue weighted by Gasteiger charge is 2.52. The van der Waals surface area contributed by atoms with E-state index in [1.165, 1.54) is 0 Å². The molecule has 242 valence electrons. The van der Waals surface area contributed by atoms with Gasteiger partial charge in [0.1, 0.15) is 18.3 Å². The molecule has 1 aromatic rings. The Morgan fingerprint density at radius 1 is 0.786 bits per heavy atom. The van der Waals surface area contributed by atoms with Gasteiger partial charge in [0.25, 0.3) is 0 Å². The van der Waals surface area contributed by atoms with E-state index in [2.05, 4.69) is 67.7 Å². The van der Waals surface area contributed by atoms with Crippen LogP contribution in [-0.2, 0) is 23.1 Å². The fourth-order valence-electron chi connectivity index (χ4n) is 5.07. The Bertz CT molecular complexity index is 992. The lowest BCUT2D eigenvalue weighted by Crippen LogP contribution is -2.56. The summed E-state index contributed by atoms with van der Waals surface area (Å²) in [4.78, 5) is 0. The summed E-state index contributed by atoms with van der Waals surface area (Å²) in [6.07, 6.45) is -3.07. The molecule has 42 heavy (non-hydrogen) atoms. The van der Waals surface area contributed by atoms with E-state index in [0.717, 1.165) is 5.56 Å². The topological polar surface area (TPSA) is 107 Å². The Morgan fingerprint density at radius 3 is 1.79 bits per heavy atom. The molecule has 0 amide bonds. The van der Waals surface area contributed by atoms with Crippen LogP contribution in [0.4, 0.5) is 0 Å². The predicted molar refractivity (Wildman–Crippen MR) is 170 cm³/mol. The van der Waals surface area contributed by atoms with Gasteiger partial charge in [0.2, 0.25) is 0 Å². The average molecular weight is 627 g/mol. The first-order valence-corrected chi connectivity index (χ1v) is 21.3. The smallest absolute Gasteiger partial charge is 0.192 e. The van der Waals surface area contributed by atoms with Gasteiger partial charge in [-0.1, -0.05) is 85.7 Å². The zero-order valence-corrected chi connectivity index (χ0v) is 30.0. The summed E-state index contributed by atoms with van der Waals surface area (Å²) >= 11 is 0. The fraction of sp³-hybridized carbons (Fsp3) is 0.812. The predicted octanol–water partition coefficient (Wildman–Crippen LogP) is 5.64. The summed E-state index contributed by atoms with van der Waals surface area (Å²) in [6.45, 7) is 26.3. The summed E-state index contributed by atoms with van der Waals surface area (Å²) in [5, 5.41) is 31.1. The van der Waals surface area contributed by atoms with Crippen LogP contribution in [0, 0.1) is 11.8 Å². The van der Waals surface area contributed by atoms with Crippen molar-refractivity contribution in [2.24, 2.45) is 11.8 Å². The number of aliphatic hydroxyl groups is 3. The van der Waals surface area contributed by atoms with Crippen molar-refractivity contribution in [1.82, 2.24) is 0 Å². The Balaban J connectivity index is 0.000000240. The number of ether oxygens (including phenoxy) is 3. The first kappa shape index (κ1) is 35.8. The zero-order chi connectivity index (χ0) is 31.8. The first-order valence-electron chi connectivity index (χ1n) is 15.5. The molecule has 3 saturated heterocycles. The van der Waals surface area contributed by atoms with Crippen LogP contribution in [0.5, 0.6) is 0 Å². The largest absolute Gasteiger partial charge is 0.408 e. The normalized spacial score (nSPS) is 35.9. The summed E-state index contributed by atoms with van der Waals surface area (Å²) in [5.74, 6) is -0.108. The van der Waals surface area contributed by atoms with Crippen molar-refractivity contribution >= 4 is 16.6 Å². The molecule has 10 heteroatoms. The number of benzene rings is 1. The highest BCUT2D eigenvalue weighted by atomic mass is 28.4. The molecule has 0 radical (unpaired) electrons. The third-order valence-electron chi connectivity index (χ3n) is 10.3. The maximum Gasteiger partial charge on any atom is 0.192 e. The molecule has 0 spiro atoms. The number of hydrogen-bond acceptors (Lipinski definition) is 8. The number of hydrogen-bond donors (Lipinski definition) is 3. The molecule has 3 aliphatic rings. The molecule has 2 bridgehead atoms. The standard InChI is InChI=1S/C19H32O4Si.C13H26O4Si/c1-13-15(12-20)22-17(14-10-8-7-9-11-14)18(16(13)21)23-24(5,6)19(2,3)4;1-8-9-7-15-12(16-9)11(10(8)14)17-18(5,6)13(2,3)4/h7-11,13,15-18,20-21H,12H2,1-6H3;8-12,14H,7H2,1-6H3/t13?,15-,16+,17+,18?;8?,9-,10+,11?,12-/m11/s1. The van der Waals surface area contributed by atoms with Gasteiger partial charge in [-0.05, 0) is 41.8 Å². The lowest BCUT2D eigenvalue weighted by Gasteiger charge is -2.48. The van der Waals surface area contributed by atoms with Gasteiger partial charge in [-0.25, -0.2) is 0 Å². The molecule has 0 aliphatic carbocycles. The SMILES string of the molecule is CC1[C@H](O)C(O[Si](C)(C)C(C)(C)C)[C@@H]2OC[C@H]1O2.CC1[C@H](O)C(O[Si](C)(C)C(C)(C)C)[C@H](c2ccccc2)O[C@@H]1CO. The third kappa shape index (κ3) is 7.75. The summed E-state index contributed by atoms with van der Waals surface area (Å²) < 4.78 is 30.4. The van der Waals surface area contributed by atoms with Crippen molar-refractivity contribution in [3.63, 3.8) is 0 Å². The number of rotatable bonds is 6. The van der Waals surface area contributed by atoms with Gasteiger partial charge in [0, 0.05) is 11.8 Å². The second kappa shape index (κ2) is 13.4. The van der Waals surface area contributed by atoms with Gasteiger partial charge in [-0.3, -0.25) is 0 Å². The van der Waals surface area contributed by atoms with Crippen LogP contribution < -0.4 is 0 Å². The molecule has 8 nitrogen and oxygen atoms in total. The summed E-state index contributed by atoms with van der Waals surface area (Å²) in [7, 11) is -4.00. The third-order valence-corrected chi connectivity index (χ3v) is 19.3. The van der Waals surface area contributed by atoms with Gasteiger partial charge in [0.15, 0.2) is 22.9 Å². The van der Waals surface area contributed by atoms with Crippen molar-refractivity contribution in [2.75, 3.05) is 13.2 Å². The highest BCUT2D eigenvalue weighted by molar-refractivity contribution is 6.74. The van der Waals surface area contributed by atoms with Crippen LogP contribution in [0.2, 0.25) is 36.3 Å². The number of aliphatic hydroxyl groups excluding tert-OH is 3. The molecule has 3 heterocycles. The second-order valence-electron chi connectivity index (χ2n) is 15.4.